The highest BCUT2D eigenvalue weighted by Crippen LogP contribution is 2.41. The highest BCUT2D eigenvalue weighted by molar-refractivity contribution is 5.44. The lowest BCUT2D eigenvalue weighted by Crippen LogP contribution is -2.38. The number of nitrogens with one attached hydrogen (secondary N) is 1. The molecule has 0 spiro atoms. The maximum absolute atomic E-state index is 6.13. The Labute approximate surface area is 129 Å². The molecule has 0 saturated carbocycles. The minimum absolute atomic E-state index is 0.144. The molecule has 1 aliphatic heterocycles. The van der Waals surface area contributed by atoms with E-state index in [1.165, 1.54) is 5.56 Å². The molecule has 21 heavy (non-hydrogen) atoms. The van der Waals surface area contributed by atoms with Crippen molar-refractivity contribution in [3.63, 3.8) is 0 Å². The molecule has 1 atom stereocenters. The Bertz CT molecular complexity index is 466. The first-order valence-electron chi connectivity index (χ1n) is 8.12. The lowest BCUT2D eigenvalue weighted by atomic mass is 9.90. The van der Waals surface area contributed by atoms with Crippen molar-refractivity contribution in [1.82, 2.24) is 5.32 Å². The lowest BCUT2D eigenvalue weighted by Gasteiger charge is -2.37. The van der Waals surface area contributed by atoms with Crippen molar-refractivity contribution in [1.29, 1.82) is 0 Å². The summed E-state index contributed by atoms with van der Waals surface area (Å²) in [4.78, 5) is 0. The second kappa shape index (κ2) is 6.69. The van der Waals surface area contributed by atoms with Gasteiger partial charge in [-0.05, 0) is 32.9 Å². The van der Waals surface area contributed by atoms with Crippen LogP contribution in [0.1, 0.15) is 58.6 Å². The summed E-state index contributed by atoms with van der Waals surface area (Å²) < 4.78 is 12.1. The first-order valence-corrected chi connectivity index (χ1v) is 8.12. The van der Waals surface area contributed by atoms with Gasteiger partial charge in [0.2, 0.25) is 0 Å². The van der Waals surface area contributed by atoms with Crippen molar-refractivity contribution < 1.29 is 9.47 Å². The van der Waals surface area contributed by atoms with E-state index in [-0.39, 0.29) is 5.60 Å². The van der Waals surface area contributed by atoms with Crippen LogP contribution in [0.25, 0.3) is 0 Å². The van der Waals surface area contributed by atoms with Crippen LogP contribution in [0.3, 0.4) is 0 Å². The first kappa shape index (κ1) is 16.2. The molecule has 118 valence electrons. The van der Waals surface area contributed by atoms with Crippen LogP contribution < -0.4 is 14.8 Å². The molecule has 0 fully saturated rings. The Hall–Kier alpha value is -1.22. The number of rotatable bonds is 6. The second-order valence-corrected chi connectivity index (χ2v) is 6.60. The molecular formula is C18H29NO2. The molecule has 1 aromatic rings. The molecule has 1 unspecified atom stereocenters. The molecule has 0 aromatic heterocycles. The van der Waals surface area contributed by atoms with Crippen LogP contribution >= 0.6 is 0 Å². The van der Waals surface area contributed by atoms with E-state index >= 15 is 0 Å². The molecule has 3 nitrogen and oxygen atoms in total. The SMILES string of the molecule is CCC(CC)COc1ccc2c(c1)OC(C)(C)CC2NC. The van der Waals surface area contributed by atoms with Gasteiger partial charge < -0.3 is 14.8 Å². The van der Waals surface area contributed by atoms with Crippen LogP contribution in [0.2, 0.25) is 0 Å². The summed E-state index contributed by atoms with van der Waals surface area (Å²) >= 11 is 0. The van der Waals surface area contributed by atoms with Crippen molar-refractivity contribution in [2.24, 2.45) is 5.92 Å². The Balaban J connectivity index is 2.14. The molecule has 0 bridgehead atoms. The fraction of sp³-hybridized carbons (Fsp3) is 0.667. The lowest BCUT2D eigenvalue weighted by molar-refractivity contribution is 0.0670. The molecule has 0 amide bonds. The third kappa shape index (κ3) is 3.91. The zero-order valence-corrected chi connectivity index (χ0v) is 14.0. The van der Waals surface area contributed by atoms with Crippen LogP contribution in [-0.4, -0.2) is 19.3 Å². The van der Waals surface area contributed by atoms with E-state index in [0.717, 1.165) is 37.4 Å². The van der Waals surface area contributed by atoms with Gasteiger partial charge in [-0.15, -0.1) is 0 Å². The molecule has 0 aliphatic carbocycles. The smallest absolute Gasteiger partial charge is 0.128 e. The molecule has 0 radical (unpaired) electrons. The minimum atomic E-state index is -0.144. The van der Waals surface area contributed by atoms with E-state index in [0.29, 0.717) is 12.0 Å². The van der Waals surface area contributed by atoms with Gasteiger partial charge in [0.25, 0.3) is 0 Å². The van der Waals surface area contributed by atoms with Crippen LogP contribution in [0.5, 0.6) is 11.5 Å². The molecule has 1 aromatic carbocycles. The third-order valence-corrected chi connectivity index (χ3v) is 4.43. The van der Waals surface area contributed by atoms with E-state index in [1.54, 1.807) is 0 Å². The fourth-order valence-electron chi connectivity index (χ4n) is 2.92. The largest absolute Gasteiger partial charge is 0.493 e. The average Bonchev–Trinajstić information content (AvgIpc) is 2.46. The topological polar surface area (TPSA) is 30.5 Å². The second-order valence-electron chi connectivity index (χ2n) is 6.60. The molecular weight excluding hydrogens is 262 g/mol. The summed E-state index contributed by atoms with van der Waals surface area (Å²) in [5.74, 6) is 2.49. The average molecular weight is 291 g/mol. The summed E-state index contributed by atoms with van der Waals surface area (Å²) in [5.41, 5.74) is 1.08. The molecule has 1 heterocycles. The highest BCUT2D eigenvalue weighted by Gasteiger charge is 2.33. The Morgan fingerprint density at radius 3 is 2.67 bits per heavy atom. The van der Waals surface area contributed by atoms with Crippen molar-refractivity contribution in [3.05, 3.63) is 23.8 Å². The number of hydrogen-bond acceptors (Lipinski definition) is 3. The summed E-state index contributed by atoms with van der Waals surface area (Å²) in [6.07, 6.45) is 3.30. The van der Waals surface area contributed by atoms with Crippen molar-refractivity contribution in [3.8, 4) is 11.5 Å². The monoisotopic (exact) mass is 291 g/mol. The third-order valence-electron chi connectivity index (χ3n) is 4.43. The summed E-state index contributed by atoms with van der Waals surface area (Å²) in [6, 6.07) is 6.58. The van der Waals surface area contributed by atoms with Gasteiger partial charge in [0.1, 0.15) is 17.1 Å². The number of ether oxygens (including phenoxy) is 2. The Morgan fingerprint density at radius 2 is 2.05 bits per heavy atom. The van der Waals surface area contributed by atoms with E-state index in [9.17, 15) is 0 Å². The predicted molar refractivity (Wildman–Crippen MR) is 87.1 cm³/mol. The van der Waals surface area contributed by atoms with E-state index < -0.39 is 0 Å². The molecule has 3 heteroatoms. The van der Waals surface area contributed by atoms with Gasteiger partial charge in [-0.3, -0.25) is 0 Å². The number of fused-ring (bicyclic) bond motifs is 1. The molecule has 1 N–H and O–H groups in total. The fourth-order valence-corrected chi connectivity index (χ4v) is 2.92. The van der Waals surface area contributed by atoms with Gasteiger partial charge >= 0.3 is 0 Å². The highest BCUT2D eigenvalue weighted by atomic mass is 16.5. The predicted octanol–water partition coefficient (Wildman–Crippen LogP) is 4.32. The van der Waals surface area contributed by atoms with E-state index in [2.05, 4.69) is 45.1 Å². The van der Waals surface area contributed by atoms with Crippen LogP contribution in [0.4, 0.5) is 0 Å². The van der Waals surface area contributed by atoms with Gasteiger partial charge in [-0.2, -0.15) is 0 Å². The maximum atomic E-state index is 6.13. The van der Waals surface area contributed by atoms with Crippen molar-refractivity contribution in [2.75, 3.05) is 13.7 Å². The maximum Gasteiger partial charge on any atom is 0.128 e. The summed E-state index contributed by atoms with van der Waals surface area (Å²) in [7, 11) is 2.01. The standard InChI is InChI=1S/C18H29NO2/c1-6-13(7-2)12-20-14-8-9-15-16(19-5)11-18(3,4)21-17(15)10-14/h8-10,13,16,19H,6-7,11-12H2,1-5H3. The molecule has 0 saturated heterocycles. The van der Waals surface area contributed by atoms with Gasteiger partial charge in [0.05, 0.1) is 6.61 Å². The normalized spacial score (nSPS) is 20.0. The van der Waals surface area contributed by atoms with Gasteiger partial charge in [-0.1, -0.05) is 32.8 Å². The van der Waals surface area contributed by atoms with Gasteiger partial charge in [-0.25, -0.2) is 0 Å². The minimum Gasteiger partial charge on any atom is -0.493 e. The van der Waals surface area contributed by atoms with Gasteiger partial charge in [0.15, 0.2) is 0 Å². The van der Waals surface area contributed by atoms with Crippen molar-refractivity contribution in [2.45, 2.75) is 58.6 Å². The zero-order chi connectivity index (χ0) is 15.5. The Morgan fingerprint density at radius 1 is 1.33 bits per heavy atom. The molecule has 1 aliphatic rings. The van der Waals surface area contributed by atoms with Crippen LogP contribution in [-0.2, 0) is 0 Å². The summed E-state index contributed by atoms with van der Waals surface area (Å²) in [5, 5.41) is 3.38. The first-order chi connectivity index (χ1) is 9.99. The van der Waals surface area contributed by atoms with Crippen LogP contribution in [0.15, 0.2) is 18.2 Å². The quantitative estimate of drug-likeness (QED) is 0.846. The van der Waals surface area contributed by atoms with Crippen molar-refractivity contribution >= 4 is 0 Å². The van der Waals surface area contributed by atoms with Crippen LogP contribution in [0, 0.1) is 5.92 Å². The van der Waals surface area contributed by atoms with Gasteiger partial charge in [0, 0.05) is 24.1 Å². The van der Waals surface area contributed by atoms with E-state index in [1.807, 2.05) is 13.1 Å². The number of hydrogen-bond donors (Lipinski definition) is 1. The van der Waals surface area contributed by atoms with E-state index in [4.69, 9.17) is 9.47 Å². The Kier molecular flexibility index (Phi) is 5.15. The number of benzene rings is 1. The summed E-state index contributed by atoms with van der Waals surface area (Å²) in [6.45, 7) is 9.49. The molecule has 2 rings (SSSR count). The zero-order valence-electron chi connectivity index (χ0n) is 14.0.